The standard InChI is InChI=1S/C13H14O4/c1-13(8-11(14)17-12(13)15)7-9-3-5-10(16-2)6-4-9/h3-6H,7-8H2,1-2H3. The molecule has 0 bridgehead atoms. The predicted octanol–water partition coefficient (Wildman–Crippen LogP) is 1.72. The van der Waals surface area contributed by atoms with E-state index < -0.39 is 17.4 Å². The van der Waals surface area contributed by atoms with E-state index in [1.165, 1.54) is 0 Å². The Balaban J connectivity index is 2.14. The lowest BCUT2D eigenvalue weighted by atomic mass is 9.82. The summed E-state index contributed by atoms with van der Waals surface area (Å²) in [6, 6.07) is 7.45. The molecule has 0 amide bonds. The van der Waals surface area contributed by atoms with Gasteiger partial charge >= 0.3 is 11.9 Å². The second-order valence-electron chi connectivity index (χ2n) is 4.52. The van der Waals surface area contributed by atoms with Crippen molar-refractivity contribution < 1.29 is 19.1 Å². The van der Waals surface area contributed by atoms with Crippen molar-refractivity contribution in [2.24, 2.45) is 5.41 Å². The molecule has 2 rings (SSSR count). The third-order valence-corrected chi connectivity index (χ3v) is 2.99. The van der Waals surface area contributed by atoms with E-state index in [1.807, 2.05) is 24.3 Å². The van der Waals surface area contributed by atoms with Gasteiger partial charge in [0.1, 0.15) is 5.75 Å². The van der Waals surface area contributed by atoms with Gasteiger partial charge in [0.15, 0.2) is 0 Å². The number of ether oxygens (including phenoxy) is 2. The number of carbonyl (C=O) groups excluding carboxylic acids is 2. The van der Waals surface area contributed by atoms with Crippen molar-refractivity contribution >= 4 is 11.9 Å². The minimum Gasteiger partial charge on any atom is -0.497 e. The molecule has 0 spiro atoms. The van der Waals surface area contributed by atoms with E-state index in [9.17, 15) is 9.59 Å². The van der Waals surface area contributed by atoms with Gasteiger partial charge in [0.05, 0.1) is 18.9 Å². The van der Waals surface area contributed by atoms with Crippen LogP contribution < -0.4 is 4.74 Å². The Labute approximate surface area is 99.5 Å². The smallest absolute Gasteiger partial charge is 0.320 e. The summed E-state index contributed by atoms with van der Waals surface area (Å²) in [4.78, 5) is 22.7. The quantitative estimate of drug-likeness (QED) is 0.590. The van der Waals surface area contributed by atoms with E-state index in [1.54, 1.807) is 14.0 Å². The van der Waals surface area contributed by atoms with Gasteiger partial charge in [-0.15, -0.1) is 0 Å². The van der Waals surface area contributed by atoms with Crippen molar-refractivity contribution in [3.63, 3.8) is 0 Å². The SMILES string of the molecule is COc1ccc(CC2(C)CC(=O)OC2=O)cc1. The average molecular weight is 234 g/mol. The third kappa shape index (κ3) is 2.30. The molecule has 1 aliphatic heterocycles. The van der Waals surface area contributed by atoms with Crippen LogP contribution in [-0.2, 0) is 20.7 Å². The molecule has 1 heterocycles. The second-order valence-corrected chi connectivity index (χ2v) is 4.52. The molecular weight excluding hydrogens is 220 g/mol. The zero-order valence-corrected chi connectivity index (χ0v) is 9.86. The van der Waals surface area contributed by atoms with Gasteiger partial charge < -0.3 is 9.47 Å². The van der Waals surface area contributed by atoms with E-state index >= 15 is 0 Å². The molecule has 0 N–H and O–H groups in total. The van der Waals surface area contributed by atoms with Crippen molar-refractivity contribution in [1.82, 2.24) is 0 Å². The van der Waals surface area contributed by atoms with Gasteiger partial charge in [0.2, 0.25) is 0 Å². The molecule has 0 aromatic heterocycles. The van der Waals surface area contributed by atoms with Gasteiger partial charge in [-0.05, 0) is 31.0 Å². The maximum absolute atomic E-state index is 11.6. The number of hydrogen-bond acceptors (Lipinski definition) is 4. The van der Waals surface area contributed by atoms with Crippen molar-refractivity contribution in [2.45, 2.75) is 19.8 Å². The fraction of sp³-hybridized carbons (Fsp3) is 0.385. The molecule has 1 fully saturated rings. The molecule has 4 heteroatoms. The van der Waals surface area contributed by atoms with Gasteiger partial charge in [-0.1, -0.05) is 12.1 Å². The number of esters is 2. The van der Waals surface area contributed by atoms with Gasteiger partial charge in [0, 0.05) is 0 Å². The highest BCUT2D eigenvalue weighted by molar-refractivity contribution is 5.97. The Morgan fingerprint density at radius 2 is 1.94 bits per heavy atom. The van der Waals surface area contributed by atoms with E-state index in [0.717, 1.165) is 11.3 Å². The molecule has 0 radical (unpaired) electrons. The van der Waals surface area contributed by atoms with Crippen molar-refractivity contribution in [1.29, 1.82) is 0 Å². The Kier molecular flexibility index (Phi) is 2.88. The number of hydrogen-bond donors (Lipinski definition) is 0. The molecule has 1 atom stereocenters. The predicted molar refractivity (Wildman–Crippen MR) is 60.5 cm³/mol. The van der Waals surface area contributed by atoms with E-state index in [0.29, 0.717) is 6.42 Å². The first-order valence-electron chi connectivity index (χ1n) is 5.41. The topological polar surface area (TPSA) is 52.6 Å². The number of methoxy groups -OCH3 is 1. The van der Waals surface area contributed by atoms with Crippen LogP contribution in [0.15, 0.2) is 24.3 Å². The summed E-state index contributed by atoms with van der Waals surface area (Å²) >= 11 is 0. The Morgan fingerprint density at radius 1 is 1.29 bits per heavy atom. The molecule has 1 aromatic rings. The van der Waals surface area contributed by atoms with Gasteiger partial charge in [-0.3, -0.25) is 9.59 Å². The zero-order valence-electron chi connectivity index (χ0n) is 9.86. The third-order valence-electron chi connectivity index (χ3n) is 2.99. The van der Waals surface area contributed by atoms with E-state index in [4.69, 9.17) is 4.74 Å². The summed E-state index contributed by atoms with van der Waals surface area (Å²) in [5, 5.41) is 0. The normalized spacial score (nSPS) is 23.6. The summed E-state index contributed by atoms with van der Waals surface area (Å²) in [7, 11) is 1.60. The average Bonchev–Trinajstić information content (AvgIpc) is 2.53. The lowest BCUT2D eigenvalue weighted by Gasteiger charge is -2.17. The fourth-order valence-corrected chi connectivity index (χ4v) is 1.98. The van der Waals surface area contributed by atoms with Gasteiger partial charge in [-0.25, -0.2) is 0 Å². The summed E-state index contributed by atoms with van der Waals surface area (Å²) in [6.45, 7) is 1.75. The largest absolute Gasteiger partial charge is 0.497 e. The molecule has 0 aliphatic carbocycles. The highest BCUT2D eigenvalue weighted by atomic mass is 16.6. The van der Waals surface area contributed by atoms with Crippen LogP contribution in [0.25, 0.3) is 0 Å². The first-order valence-corrected chi connectivity index (χ1v) is 5.41. The second kappa shape index (κ2) is 4.20. The zero-order chi connectivity index (χ0) is 12.5. The van der Waals surface area contributed by atoms with E-state index in [-0.39, 0.29) is 6.42 Å². The van der Waals surface area contributed by atoms with Crippen LogP contribution in [0.1, 0.15) is 18.9 Å². The first kappa shape index (κ1) is 11.6. The van der Waals surface area contributed by atoms with Crippen LogP contribution >= 0.6 is 0 Å². The molecule has 1 aliphatic rings. The molecule has 1 saturated heterocycles. The minimum atomic E-state index is -0.730. The minimum absolute atomic E-state index is 0.151. The molecule has 1 aromatic carbocycles. The Morgan fingerprint density at radius 3 is 2.41 bits per heavy atom. The number of carbonyl (C=O) groups is 2. The number of benzene rings is 1. The molecule has 17 heavy (non-hydrogen) atoms. The van der Waals surface area contributed by atoms with E-state index in [2.05, 4.69) is 4.74 Å². The fourth-order valence-electron chi connectivity index (χ4n) is 1.98. The highest BCUT2D eigenvalue weighted by Crippen LogP contribution is 2.34. The molecule has 1 unspecified atom stereocenters. The summed E-state index contributed by atoms with van der Waals surface area (Å²) in [6.07, 6.45) is 0.652. The van der Waals surface area contributed by atoms with Crippen LogP contribution in [0.5, 0.6) is 5.75 Å². The van der Waals surface area contributed by atoms with Crippen LogP contribution in [0.3, 0.4) is 0 Å². The molecule has 90 valence electrons. The maximum atomic E-state index is 11.6. The van der Waals surface area contributed by atoms with Gasteiger partial charge in [0.25, 0.3) is 0 Å². The Hall–Kier alpha value is -1.84. The van der Waals surface area contributed by atoms with Crippen molar-refractivity contribution in [2.75, 3.05) is 7.11 Å². The van der Waals surface area contributed by atoms with Crippen molar-refractivity contribution in [3.05, 3.63) is 29.8 Å². The van der Waals surface area contributed by atoms with Crippen LogP contribution in [0.2, 0.25) is 0 Å². The highest BCUT2D eigenvalue weighted by Gasteiger charge is 2.45. The molecule has 4 nitrogen and oxygen atoms in total. The molecule has 0 saturated carbocycles. The lowest BCUT2D eigenvalue weighted by molar-refractivity contribution is -0.154. The number of cyclic esters (lactones) is 2. The number of rotatable bonds is 3. The van der Waals surface area contributed by atoms with Crippen LogP contribution in [0, 0.1) is 5.41 Å². The van der Waals surface area contributed by atoms with Gasteiger partial charge in [-0.2, -0.15) is 0 Å². The first-order chi connectivity index (χ1) is 8.03. The monoisotopic (exact) mass is 234 g/mol. The van der Waals surface area contributed by atoms with Crippen LogP contribution in [-0.4, -0.2) is 19.0 Å². The maximum Gasteiger partial charge on any atom is 0.320 e. The Bertz CT molecular complexity index is 449. The summed E-state index contributed by atoms with van der Waals surface area (Å²) in [5.41, 5.74) is 0.256. The summed E-state index contributed by atoms with van der Waals surface area (Å²) < 4.78 is 9.65. The molecular formula is C13H14O4. The van der Waals surface area contributed by atoms with Crippen LogP contribution in [0.4, 0.5) is 0 Å². The van der Waals surface area contributed by atoms with Crippen molar-refractivity contribution in [3.8, 4) is 5.75 Å². The summed E-state index contributed by atoms with van der Waals surface area (Å²) in [5.74, 6) is -0.103. The lowest BCUT2D eigenvalue weighted by Crippen LogP contribution is -2.25.